The Morgan fingerprint density at radius 3 is 3.00 bits per heavy atom. The number of carbonyl (C=O) groups excluding carboxylic acids is 1. The molecule has 3 atom stereocenters. The summed E-state index contributed by atoms with van der Waals surface area (Å²) in [4.78, 5) is 16.2. The van der Waals surface area contributed by atoms with Gasteiger partial charge in [-0.1, -0.05) is 13.3 Å². The van der Waals surface area contributed by atoms with Gasteiger partial charge in [0.05, 0.1) is 6.04 Å². The quantitative estimate of drug-likeness (QED) is 0.879. The first-order chi connectivity index (χ1) is 8.56. The second-order valence-corrected chi connectivity index (χ2v) is 6.24. The summed E-state index contributed by atoms with van der Waals surface area (Å²) in [6.07, 6.45) is 3.73. The molecule has 1 fully saturated rings. The van der Waals surface area contributed by atoms with Crippen LogP contribution in [0.25, 0.3) is 0 Å². The zero-order valence-corrected chi connectivity index (χ0v) is 11.8. The van der Waals surface area contributed by atoms with Crippen LogP contribution in [0.5, 0.6) is 0 Å². The molecule has 5 heteroatoms. The Bertz CT molecular complexity index is 416. The lowest BCUT2D eigenvalue weighted by Gasteiger charge is -2.10. The maximum absolute atomic E-state index is 11.9. The van der Waals surface area contributed by atoms with E-state index in [1.165, 1.54) is 30.6 Å². The molecule has 0 spiro atoms. The lowest BCUT2D eigenvalue weighted by molar-refractivity contribution is 0.0942. The van der Waals surface area contributed by atoms with Crippen LogP contribution in [-0.2, 0) is 0 Å². The van der Waals surface area contributed by atoms with E-state index in [1.54, 1.807) is 5.38 Å². The molecular formula is C13H21N3OS. The number of nitrogens with zero attached hydrogens (tertiary/aromatic N) is 1. The minimum atomic E-state index is -0.104. The molecule has 1 aromatic heterocycles. The van der Waals surface area contributed by atoms with Crippen LogP contribution >= 0.6 is 11.3 Å². The van der Waals surface area contributed by atoms with E-state index in [4.69, 9.17) is 5.73 Å². The van der Waals surface area contributed by atoms with E-state index >= 15 is 0 Å². The number of hydrogen-bond acceptors (Lipinski definition) is 4. The molecule has 0 aliphatic heterocycles. The van der Waals surface area contributed by atoms with Crippen LogP contribution in [0.15, 0.2) is 5.38 Å². The molecule has 1 aromatic rings. The zero-order chi connectivity index (χ0) is 13.1. The summed E-state index contributed by atoms with van der Waals surface area (Å²) < 4.78 is 0. The van der Waals surface area contributed by atoms with Gasteiger partial charge in [0.1, 0.15) is 10.7 Å². The average molecular weight is 267 g/mol. The van der Waals surface area contributed by atoms with Crippen LogP contribution in [0.3, 0.4) is 0 Å². The smallest absolute Gasteiger partial charge is 0.270 e. The highest BCUT2D eigenvalue weighted by molar-refractivity contribution is 7.09. The number of thiazole rings is 1. The Kier molecular flexibility index (Phi) is 4.35. The van der Waals surface area contributed by atoms with E-state index in [1.807, 2.05) is 6.92 Å². The van der Waals surface area contributed by atoms with E-state index in [2.05, 4.69) is 17.2 Å². The van der Waals surface area contributed by atoms with E-state index in [0.717, 1.165) is 17.5 Å². The Morgan fingerprint density at radius 2 is 2.44 bits per heavy atom. The zero-order valence-electron chi connectivity index (χ0n) is 11.0. The van der Waals surface area contributed by atoms with Crippen LogP contribution in [-0.4, -0.2) is 17.4 Å². The number of rotatable bonds is 4. The predicted molar refractivity (Wildman–Crippen MR) is 73.6 cm³/mol. The van der Waals surface area contributed by atoms with E-state index in [9.17, 15) is 4.79 Å². The maximum Gasteiger partial charge on any atom is 0.270 e. The molecule has 1 amide bonds. The third-order valence-corrected chi connectivity index (χ3v) is 4.54. The monoisotopic (exact) mass is 267 g/mol. The van der Waals surface area contributed by atoms with Gasteiger partial charge in [-0.2, -0.15) is 0 Å². The highest BCUT2D eigenvalue weighted by Crippen LogP contribution is 2.29. The average Bonchev–Trinajstić information content (AvgIpc) is 2.94. The first-order valence-corrected chi connectivity index (χ1v) is 7.43. The van der Waals surface area contributed by atoms with Crippen molar-refractivity contribution in [3.63, 3.8) is 0 Å². The van der Waals surface area contributed by atoms with Crippen molar-refractivity contribution in [1.82, 2.24) is 10.3 Å². The molecule has 1 heterocycles. The van der Waals surface area contributed by atoms with Gasteiger partial charge < -0.3 is 11.1 Å². The van der Waals surface area contributed by atoms with E-state index in [0.29, 0.717) is 11.6 Å². The molecule has 1 saturated carbocycles. The third-order valence-electron chi connectivity index (χ3n) is 3.50. The molecule has 18 heavy (non-hydrogen) atoms. The second kappa shape index (κ2) is 5.80. The third kappa shape index (κ3) is 3.29. The minimum absolute atomic E-state index is 0.0716. The Hall–Kier alpha value is -0.940. The van der Waals surface area contributed by atoms with Gasteiger partial charge in [0.15, 0.2) is 0 Å². The number of aromatic nitrogens is 1. The van der Waals surface area contributed by atoms with Crippen molar-refractivity contribution in [3.05, 3.63) is 16.1 Å². The van der Waals surface area contributed by atoms with Gasteiger partial charge in [0.25, 0.3) is 5.91 Å². The van der Waals surface area contributed by atoms with Gasteiger partial charge in [-0.3, -0.25) is 4.79 Å². The highest BCUT2D eigenvalue weighted by Gasteiger charge is 2.22. The van der Waals surface area contributed by atoms with Crippen molar-refractivity contribution in [2.24, 2.45) is 17.6 Å². The summed E-state index contributed by atoms with van der Waals surface area (Å²) in [6.45, 7) is 4.92. The summed E-state index contributed by atoms with van der Waals surface area (Å²) >= 11 is 1.45. The van der Waals surface area contributed by atoms with Gasteiger partial charge >= 0.3 is 0 Å². The molecule has 2 rings (SSSR count). The van der Waals surface area contributed by atoms with Crippen molar-refractivity contribution in [2.45, 2.75) is 39.2 Å². The Morgan fingerprint density at radius 1 is 1.67 bits per heavy atom. The molecule has 3 unspecified atom stereocenters. The minimum Gasteiger partial charge on any atom is -0.350 e. The molecule has 1 aliphatic rings. The molecule has 0 radical (unpaired) electrons. The van der Waals surface area contributed by atoms with Gasteiger partial charge in [-0.15, -0.1) is 11.3 Å². The molecule has 0 bridgehead atoms. The highest BCUT2D eigenvalue weighted by atomic mass is 32.1. The SMILES string of the molecule is CC1CCC(CNC(=O)c2csc(C(C)N)n2)C1. The molecule has 3 N–H and O–H groups in total. The second-order valence-electron chi connectivity index (χ2n) is 5.35. The van der Waals surface area contributed by atoms with Crippen molar-refractivity contribution in [2.75, 3.05) is 6.54 Å². The fraction of sp³-hybridized carbons (Fsp3) is 0.692. The van der Waals surface area contributed by atoms with Crippen LogP contribution in [0.1, 0.15) is 54.6 Å². The lowest BCUT2D eigenvalue weighted by Crippen LogP contribution is -2.28. The van der Waals surface area contributed by atoms with Crippen LogP contribution in [0.4, 0.5) is 0 Å². The summed E-state index contributed by atoms with van der Waals surface area (Å²) in [5.41, 5.74) is 6.23. The fourth-order valence-electron chi connectivity index (χ4n) is 2.44. The summed E-state index contributed by atoms with van der Waals surface area (Å²) in [7, 11) is 0. The lowest BCUT2D eigenvalue weighted by atomic mass is 10.1. The first kappa shape index (κ1) is 13.5. The molecule has 1 aliphatic carbocycles. The summed E-state index contributed by atoms with van der Waals surface area (Å²) in [5.74, 6) is 1.36. The fourth-order valence-corrected chi connectivity index (χ4v) is 3.20. The van der Waals surface area contributed by atoms with Crippen molar-refractivity contribution in [1.29, 1.82) is 0 Å². The number of amides is 1. The van der Waals surface area contributed by atoms with Gasteiger partial charge in [0, 0.05) is 11.9 Å². The van der Waals surface area contributed by atoms with Crippen molar-refractivity contribution >= 4 is 17.2 Å². The van der Waals surface area contributed by atoms with Crippen molar-refractivity contribution in [3.8, 4) is 0 Å². The number of carbonyl (C=O) groups is 1. The predicted octanol–water partition coefficient (Wildman–Crippen LogP) is 2.33. The summed E-state index contributed by atoms with van der Waals surface area (Å²) in [5, 5.41) is 5.58. The normalized spacial score (nSPS) is 25.1. The molecule has 4 nitrogen and oxygen atoms in total. The Labute approximate surface area is 112 Å². The Balaban J connectivity index is 1.83. The van der Waals surface area contributed by atoms with Gasteiger partial charge in [-0.25, -0.2) is 4.98 Å². The van der Waals surface area contributed by atoms with E-state index < -0.39 is 0 Å². The maximum atomic E-state index is 11.9. The number of hydrogen-bond donors (Lipinski definition) is 2. The van der Waals surface area contributed by atoms with Crippen molar-refractivity contribution < 1.29 is 4.79 Å². The molecule has 0 aromatic carbocycles. The summed E-state index contributed by atoms with van der Waals surface area (Å²) in [6, 6.07) is -0.104. The van der Waals surface area contributed by atoms with Crippen LogP contribution in [0, 0.1) is 11.8 Å². The first-order valence-electron chi connectivity index (χ1n) is 6.55. The standard InChI is InChI=1S/C13H21N3OS/c1-8-3-4-10(5-8)6-15-12(17)11-7-18-13(16-11)9(2)14/h7-10H,3-6,14H2,1-2H3,(H,15,17). The van der Waals surface area contributed by atoms with Gasteiger partial charge in [-0.05, 0) is 31.6 Å². The number of nitrogens with one attached hydrogen (secondary N) is 1. The largest absolute Gasteiger partial charge is 0.350 e. The van der Waals surface area contributed by atoms with E-state index in [-0.39, 0.29) is 11.9 Å². The molecule has 0 saturated heterocycles. The number of nitrogens with two attached hydrogens (primary N) is 1. The van der Waals surface area contributed by atoms with Crippen LogP contribution < -0.4 is 11.1 Å². The van der Waals surface area contributed by atoms with Crippen LogP contribution in [0.2, 0.25) is 0 Å². The topological polar surface area (TPSA) is 68.0 Å². The van der Waals surface area contributed by atoms with Gasteiger partial charge in [0.2, 0.25) is 0 Å². The molecular weight excluding hydrogens is 246 g/mol. The molecule has 100 valence electrons.